The van der Waals surface area contributed by atoms with E-state index in [1.165, 1.54) is 25.9 Å². The third kappa shape index (κ3) is 5.20. The van der Waals surface area contributed by atoms with Crippen molar-refractivity contribution in [2.75, 3.05) is 26.2 Å². The van der Waals surface area contributed by atoms with Gasteiger partial charge in [-0.25, -0.2) is 0 Å². The van der Waals surface area contributed by atoms with Gasteiger partial charge in [0.1, 0.15) is 0 Å². The van der Waals surface area contributed by atoms with Gasteiger partial charge in [0.05, 0.1) is 0 Å². The average Bonchev–Trinajstić information content (AvgIpc) is 2.24. The molecule has 1 saturated heterocycles. The highest BCUT2D eigenvalue weighted by atomic mass is 15.1. The van der Waals surface area contributed by atoms with Crippen LogP contribution in [0, 0.1) is 18.3 Å². The first-order valence-corrected chi connectivity index (χ1v) is 6.11. The maximum Gasteiger partial charge on any atom is 0.0214 e. The number of likely N-dealkylation sites (tertiary alicyclic amines) is 1. The van der Waals surface area contributed by atoms with Gasteiger partial charge in [0.2, 0.25) is 0 Å². The first kappa shape index (κ1) is 12.5. The van der Waals surface area contributed by atoms with E-state index in [1.807, 2.05) is 0 Å². The molecule has 1 heterocycles. The number of nitrogens with zero attached hydrogens (tertiary/aromatic N) is 1. The van der Waals surface area contributed by atoms with Gasteiger partial charge in [-0.3, -0.25) is 0 Å². The van der Waals surface area contributed by atoms with Crippen LogP contribution in [0.4, 0.5) is 0 Å². The Labute approximate surface area is 94.4 Å². The summed E-state index contributed by atoms with van der Waals surface area (Å²) < 4.78 is 0. The lowest BCUT2D eigenvalue weighted by molar-refractivity contribution is 0.174. The van der Waals surface area contributed by atoms with Crippen molar-refractivity contribution in [1.82, 2.24) is 10.2 Å². The Kier molecular flexibility index (Phi) is 5.75. The van der Waals surface area contributed by atoms with Gasteiger partial charge in [-0.05, 0) is 31.8 Å². The lowest BCUT2D eigenvalue weighted by atomic mass is 9.97. The van der Waals surface area contributed by atoms with E-state index in [1.54, 1.807) is 0 Å². The molecule has 0 amide bonds. The number of terminal acetylenes is 1. The van der Waals surface area contributed by atoms with Crippen molar-refractivity contribution in [2.24, 2.45) is 5.92 Å². The molecule has 1 rings (SSSR count). The maximum absolute atomic E-state index is 5.29. The minimum absolute atomic E-state index is 0.603. The van der Waals surface area contributed by atoms with Gasteiger partial charge in [-0.1, -0.05) is 13.8 Å². The van der Waals surface area contributed by atoms with Crippen LogP contribution < -0.4 is 5.32 Å². The third-order valence-corrected chi connectivity index (χ3v) is 2.99. The zero-order valence-corrected chi connectivity index (χ0v) is 10.1. The summed E-state index contributed by atoms with van der Waals surface area (Å²) in [6.07, 6.45) is 8.88. The standard InChI is InChI=1S/C13H24N2/c1-4-5-8-15-9-6-7-13(11-15)10-14-12(2)3/h1,12-14H,5-11H2,2-3H3. The Balaban J connectivity index is 2.20. The zero-order valence-electron chi connectivity index (χ0n) is 10.1. The topological polar surface area (TPSA) is 15.3 Å². The highest BCUT2D eigenvalue weighted by Gasteiger charge is 2.18. The molecule has 1 N–H and O–H groups in total. The van der Waals surface area contributed by atoms with Crippen LogP contribution in [0.15, 0.2) is 0 Å². The second-order valence-electron chi connectivity index (χ2n) is 4.83. The summed E-state index contributed by atoms with van der Waals surface area (Å²) in [6, 6.07) is 0.603. The molecular weight excluding hydrogens is 184 g/mol. The summed E-state index contributed by atoms with van der Waals surface area (Å²) in [4.78, 5) is 2.51. The largest absolute Gasteiger partial charge is 0.314 e. The van der Waals surface area contributed by atoms with Crippen LogP contribution >= 0.6 is 0 Å². The molecule has 86 valence electrons. The van der Waals surface area contributed by atoms with Crippen LogP contribution in [0.5, 0.6) is 0 Å². The molecule has 0 aromatic carbocycles. The Morgan fingerprint density at radius 1 is 1.53 bits per heavy atom. The highest BCUT2D eigenvalue weighted by Crippen LogP contribution is 2.15. The van der Waals surface area contributed by atoms with Crippen molar-refractivity contribution in [3.63, 3.8) is 0 Å². The van der Waals surface area contributed by atoms with Gasteiger partial charge in [0.25, 0.3) is 0 Å². The second kappa shape index (κ2) is 6.87. The fraction of sp³-hybridized carbons (Fsp3) is 0.846. The maximum atomic E-state index is 5.29. The Bertz CT molecular complexity index is 205. The molecule has 1 atom stereocenters. The van der Waals surface area contributed by atoms with Gasteiger partial charge in [-0.15, -0.1) is 12.3 Å². The zero-order chi connectivity index (χ0) is 11.1. The molecule has 1 fully saturated rings. The molecule has 2 heteroatoms. The number of rotatable bonds is 5. The fourth-order valence-corrected chi connectivity index (χ4v) is 2.15. The molecule has 2 nitrogen and oxygen atoms in total. The van der Waals surface area contributed by atoms with Gasteiger partial charge in [0.15, 0.2) is 0 Å². The predicted molar refractivity (Wildman–Crippen MR) is 65.8 cm³/mol. The minimum Gasteiger partial charge on any atom is -0.314 e. The van der Waals surface area contributed by atoms with Crippen LogP contribution in [0.1, 0.15) is 33.1 Å². The monoisotopic (exact) mass is 208 g/mol. The molecule has 0 aliphatic carbocycles. The molecule has 0 saturated carbocycles. The second-order valence-corrected chi connectivity index (χ2v) is 4.83. The van der Waals surface area contributed by atoms with E-state index < -0.39 is 0 Å². The van der Waals surface area contributed by atoms with Crippen LogP contribution in [0.3, 0.4) is 0 Å². The van der Waals surface area contributed by atoms with E-state index in [-0.39, 0.29) is 0 Å². The number of hydrogen-bond donors (Lipinski definition) is 1. The summed E-state index contributed by atoms with van der Waals surface area (Å²) in [7, 11) is 0. The van der Waals surface area contributed by atoms with Crippen molar-refractivity contribution in [3.8, 4) is 12.3 Å². The number of piperidine rings is 1. The van der Waals surface area contributed by atoms with E-state index >= 15 is 0 Å². The first-order chi connectivity index (χ1) is 7.22. The molecule has 1 aliphatic heterocycles. The molecular formula is C13H24N2. The van der Waals surface area contributed by atoms with Crippen LogP contribution in [0.2, 0.25) is 0 Å². The van der Waals surface area contributed by atoms with Gasteiger partial charge >= 0.3 is 0 Å². The van der Waals surface area contributed by atoms with Gasteiger partial charge < -0.3 is 10.2 Å². The molecule has 0 aromatic heterocycles. The van der Waals surface area contributed by atoms with Crippen molar-refractivity contribution in [1.29, 1.82) is 0 Å². The van der Waals surface area contributed by atoms with E-state index in [0.29, 0.717) is 6.04 Å². The average molecular weight is 208 g/mol. The fourth-order valence-electron chi connectivity index (χ4n) is 2.15. The number of hydrogen-bond acceptors (Lipinski definition) is 2. The highest BCUT2D eigenvalue weighted by molar-refractivity contribution is 4.86. The summed E-state index contributed by atoms with van der Waals surface area (Å²) in [5.74, 6) is 3.54. The summed E-state index contributed by atoms with van der Waals surface area (Å²) in [5.41, 5.74) is 0. The lowest BCUT2D eigenvalue weighted by Crippen LogP contribution is -2.41. The van der Waals surface area contributed by atoms with Crippen LogP contribution in [0.25, 0.3) is 0 Å². The van der Waals surface area contributed by atoms with Crippen molar-refractivity contribution >= 4 is 0 Å². The van der Waals surface area contributed by atoms with Crippen LogP contribution in [-0.2, 0) is 0 Å². The predicted octanol–water partition coefficient (Wildman–Crippen LogP) is 1.72. The van der Waals surface area contributed by atoms with Crippen LogP contribution in [-0.4, -0.2) is 37.1 Å². The Morgan fingerprint density at radius 3 is 3.00 bits per heavy atom. The van der Waals surface area contributed by atoms with E-state index in [4.69, 9.17) is 6.42 Å². The molecule has 1 unspecified atom stereocenters. The number of nitrogens with one attached hydrogen (secondary N) is 1. The summed E-state index contributed by atoms with van der Waals surface area (Å²) in [6.45, 7) is 9.11. The van der Waals surface area contributed by atoms with E-state index in [2.05, 4.69) is 30.0 Å². The molecule has 0 bridgehead atoms. The van der Waals surface area contributed by atoms with Crippen molar-refractivity contribution in [2.45, 2.75) is 39.2 Å². The third-order valence-electron chi connectivity index (χ3n) is 2.99. The lowest BCUT2D eigenvalue weighted by Gasteiger charge is -2.32. The van der Waals surface area contributed by atoms with Crippen molar-refractivity contribution < 1.29 is 0 Å². The first-order valence-electron chi connectivity index (χ1n) is 6.11. The molecule has 1 aliphatic rings. The van der Waals surface area contributed by atoms with E-state index in [9.17, 15) is 0 Å². The molecule has 0 radical (unpaired) electrons. The molecule has 0 spiro atoms. The summed E-state index contributed by atoms with van der Waals surface area (Å²) >= 11 is 0. The normalized spacial score (nSPS) is 22.9. The van der Waals surface area contributed by atoms with Gasteiger partial charge in [0, 0.05) is 25.6 Å². The molecule has 15 heavy (non-hydrogen) atoms. The SMILES string of the molecule is C#CCCN1CCCC(CNC(C)C)C1. The summed E-state index contributed by atoms with van der Waals surface area (Å²) in [5, 5.41) is 3.52. The minimum atomic E-state index is 0.603. The smallest absolute Gasteiger partial charge is 0.0214 e. The molecule has 0 aromatic rings. The van der Waals surface area contributed by atoms with Gasteiger partial charge in [-0.2, -0.15) is 0 Å². The Morgan fingerprint density at radius 2 is 2.33 bits per heavy atom. The van der Waals surface area contributed by atoms with E-state index in [0.717, 1.165) is 25.4 Å². The quantitative estimate of drug-likeness (QED) is 0.692. The Hall–Kier alpha value is -0.520. The van der Waals surface area contributed by atoms with Crippen molar-refractivity contribution in [3.05, 3.63) is 0 Å².